The number of hydrazone groups is 1. The van der Waals surface area contributed by atoms with Gasteiger partial charge in [-0.2, -0.15) is 14.5 Å². The van der Waals surface area contributed by atoms with Crippen molar-refractivity contribution in [3.05, 3.63) is 69.6 Å². The van der Waals surface area contributed by atoms with Crippen LogP contribution in [0.15, 0.2) is 62.8 Å². The van der Waals surface area contributed by atoms with Gasteiger partial charge in [0.2, 0.25) is 10.0 Å². The van der Waals surface area contributed by atoms with E-state index >= 15 is 0 Å². The maximum Gasteiger partial charge on any atom is 0.277 e. The number of nitrogens with zero attached hydrogens (tertiary/aromatic N) is 6. The summed E-state index contributed by atoms with van der Waals surface area (Å²) in [6.45, 7) is 7.45. The molecular weight excluding hydrogens is 671 g/mol. The number of ether oxygens (including phenoxy) is 2. The van der Waals surface area contributed by atoms with Gasteiger partial charge in [0, 0.05) is 57.9 Å². The van der Waals surface area contributed by atoms with Crippen LogP contribution in [-0.4, -0.2) is 89.4 Å². The van der Waals surface area contributed by atoms with Gasteiger partial charge in [-0.05, 0) is 61.7 Å². The maximum atomic E-state index is 13.9. The minimum Gasteiger partial charge on any atom is -0.497 e. The summed E-state index contributed by atoms with van der Waals surface area (Å²) in [6.07, 6.45) is 6.81. The molecule has 51 heavy (non-hydrogen) atoms. The number of aromatic amines is 1. The van der Waals surface area contributed by atoms with E-state index in [1.165, 1.54) is 46.1 Å². The van der Waals surface area contributed by atoms with Crippen LogP contribution in [0, 0.1) is 0 Å². The Labute approximate surface area is 299 Å². The fourth-order valence-corrected chi connectivity index (χ4v) is 7.61. The fraction of sp³-hybridized carbons (Fsp3) is 0.432. The topological polar surface area (TPSA) is 152 Å². The molecular formula is C37H47N7O6S. The number of fused-ring (bicyclic) bond motifs is 1. The van der Waals surface area contributed by atoms with E-state index in [0.717, 1.165) is 18.5 Å². The Morgan fingerprint density at radius 1 is 0.980 bits per heavy atom. The molecule has 13 nitrogen and oxygen atoms in total. The number of H-pyrrole nitrogens is 1. The highest BCUT2D eigenvalue weighted by Crippen LogP contribution is 2.33. The lowest BCUT2D eigenvalue weighted by Crippen LogP contribution is -2.40. The number of ketones is 1. The Morgan fingerprint density at radius 3 is 2.45 bits per heavy atom. The predicted octanol–water partition coefficient (Wildman–Crippen LogP) is 5.21. The first-order valence-corrected chi connectivity index (χ1v) is 18.8. The Balaban J connectivity index is 0.000000488. The first-order valence-electron chi connectivity index (χ1n) is 17.4. The average Bonchev–Trinajstić information content (AvgIpc) is 3.67. The minimum absolute atomic E-state index is 0.00116. The molecule has 0 amide bonds. The van der Waals surface area contributed by atoms with Crippen molar-refractivity contribution in [1.82, 2.24) is 29.1 Å². The molecule has 0 saturated carbocycles. The Hall–Kier alpha value is -4.82. The monoisotopic (exact) mass is 717 g/mol. The molecule has 1 saturated heterocycles. The van der Waals surface area contributed by atoms with Gasteiger partial charge in [-0.3, -0.25) is 19.3 Å². The van der Waals surface area contributed by atoms with Crippen LogP contribution >= 0.6 is 0 Å². The third-order valence-corrected chi connectivity index (χ3v) is 10.5. The van der Waals surface area contributed by atoms with E-state index in [1.54, 1.807) is 44.5 Å². The second-order valence-corrected chi connectivity index (χ2v) is 14.5. The van der Waals surface area contributed by atoms with E-state index < -0.39 is 10.0 Å². The summed E-state index contributed by atoms with van der Waals surface area (Å²) < 4.78 is 41.6. The summed E-state index contributed by atoms with van der Waals surface area (Å²) in [5.41, 5.74) is 3.96. The molecule has 4 heterocycles. The molecule has 2 aromatic carbocycles. The molecule has 2 aliphatic rings. The summed E-state index contributed by atoms with van der Waals surface area (Å²) in [7, 11) is 1.25. The van der Waals surface area contributed by atoms with E-state index in [0.29, 0.717) is 52.4 Å². The van der Waals surface area contributed by atoms with Crippen molar-refractivity contribution in [2.75, 3.05) is 40.4 Å². The van der Waals surface area contributed by atoms with Crippen molar-refractivity contribution in [1.29, 1.82) is 0 Å². The van der Waals surface area contributed by atoms with Gasteiger partial charge in [0.05, 0.1) is 29.9 Å². The summed E-state index contributed by atoms with van der Waals surface area (Å²) in [6, 6.07) is 11.7. The lowest BCUT2D eigenvalue weighted by atomic mass is 10.0. The maximum absolute atomic E-state index is 13.9. The molecule has 0 atom stereocenters. The molecule has 0 spiro atoms. The van der Waals surface area contributed by atoms with E-state index in [2.05, 4.69) is 22.1 Å². The van der Waals surface area contributed by atoms with E-state index in [9.17, 15) is 18.0 Å². The number of hydrogen-bond donors (Lipinski definition) is 1. The van der Waals surface area contributed by atoms with E-state index in [1.807, 2.05) is 32.0 Å². The molecule has 1 fully saturated rings. The number of aromatic nitrogens is 4. The van der Waals surface area contributed by atoms with Crippen LogP contribution < -0.4 is 15.0 Å². The normalized spacial score (nSPS) is 16.0. The van der Waals surface area contributed by atoms with Gasteiger partial charge in [-0.15, -0.1) is 0 Å². The number of aryl methyl sites for hydroxylation is 2. The number of carbonyl (C=O) groups excluding carboxylic acids is 1. The molecule has 1 N–H and O–H groups in total. The van der Waals surface area contributed by atoms with Crippen molar-refractivity contribution < 1.29 is 22.7 Å². The molecule has 0 radical (unpaired) electrons. The Morgan fingerprint density at radius 2 is 1.76 bits per heavy atom. The molecule has 2 aromatic heterocycles. The van der Waals surface area contributed by atoms with E-state index in [-0.39, 0.29) is 41.6 Å². The van der Waals surface area contributed by atoms with Crippen molar-refractivity contribution in [2.45, 2.75) is 64.2 Å². The number of piperidine rings is 1. The highest BCUT2D eigenvalue weighted by molar-refractivity contribution is 7.89. The van der Waals surface area contributed by atoms with E-state index in [4.69, 9.17) is 14.5 Å². The number of carbonyl (C=O) groups is 1. The molecule has 2 aliphatic heterocycles. The third kappa shape index (κ3) is 8.56. The average molecular weight is 718 g/mol. The number of rotatable bonds is 11. The van der Waals surface area contributed by atoms with Gasteiger partial charge in [0.25, 0.3) is 5.56 Å². The zero-order valence-corrected chi connectivity index (χ0v) is 31.0. The Bertz CT molecular complexity index is 2120. The number of sulfonamides is 1. The highest BCUT2D eigenvalue weighted by Gasteiger charge is 2.32. The highest BCUT2D eigenvalue weighted by atomic mass is 32.2. The first-order chi connectivity index (χ1) is 24.5. The number of hydrogen-bond acceptors (Lipinski definition) is 10. The molecule has 272 valence electrons. The van der Waals surface area contributed by atoms with Crippen LogP contribution in [0.4, 0.5) is 0 Å². The van der Waals surface area contributed by atoms with Crippen LogP contribution in [0.3, 0.4) is 0 Å². The van der Waals surface area contributed by atoms with Gasteiger partial charge in [0.15, 0.2) is 11.3 Å². The van der Waals surface area contributed by atoms with Crippen LogP contribution in [0.1, 0.15) is 64.1 Å². The summed E-state index contributed by atoms with van der Waals surface area (Å²) in [5, 5.41) is 10.8. The second-order valence-electron chi connectivity index (χ2n) is 12.5. The predicted molar refractivity (Wildman–Crippen MR) is 199 cm³/mol. The van der Waals surface area contributed by atoms with Gasteiger partial charge in [-0.25, -0.2) is 13.4 Å². The van der Waals surface area contributed by atoms with Crippen LogP contribution in [0.25, 0.3) is 28.5 Å². The summed E-state index contributed by atoms with van der Waals surface area (Å²) in [5.74, 6) is 1.10. The van der Waals surface area contributed by atoms with Crippen molar-refractivity contribution in [3.8, 4) is 22.9 Å². The van der Waals surface area contributed by atoms with Gasteiger partial charge in [-0.1, -0.05) is 38.8 Å². The minimum atomic E-state index is -4.03. The molecule has 6 rings (SSSR count). The summed E-state index contributed by atoms with van der Waals surface area (Å²) >= 11 is 0. The van der Waals surface area contributed by atoms with Crippen molar-refractivity contribution in [2.24, 2.45) is 12.1 Å². The number of benzene rings is 2. The van der Waals surface area contributed by atoms with Crippen molar-refractivity contribution >= 4 is 38.6 Å². The van der Waals surface area contributed by atoms with Crippen LogP contribution in [-0.2, 0) is 28.3 Å². The van der Waals surface area contributed by atoms with Gasteiger partial charge in [0.1, 0.15) is 22.8 Å². The summed E-state index contributed by atoms with van der Waals surface area (Å²) in [4.78, 5) is 33.3. The number of Topliss-reactive ketones (excluding diaryl/α,β-unsaturated/α-hetero) is 1. The largest absolute Gasteiger partial charge is 0.497 e. The third-order valence-electron chi connectivity index (χ3n) is 8.70. The number of nitrogens with one attached hydrogen (secondary N) is 1. The zero-order chi connectivity index (χ0) is 36.7. The molecule has 0 aliphatic carbocycles. The lowest BCUT2D eigenvalue weighted by molar-refractivity contribution is -0.116. The van der Waals surface area contributed by atoms with Crippen LogP contribution in [0.2, 0.25) is 0 Å². The van der Waals surface area contributed by atoms with Crippen LogP contribution in [0.5, 0.6) is 11.5 Å². The van der Waals surface area contributed by atoms with Crippen molar-refractivity contribution in [3.63, 3.8) is 0 Å². The lowest BCUT2D eigenvalue weighted by Gasteiger charge is -2.27. The Kier molecular flexibility index (Phi) is 12.1. The smallest absolute Gasteiger partial charge is 0.277 e. The second kappa shape index (κ2) is 16.5. The molecule has 0 bridgehead atoms. The standard InChI is InChI=1S/C30H33N5O6S.C7H14N2/c1-5-8-24-27-28(34(3)33-24)30(37)32-29(31-27)23-17-22(11-12-26(23)41-6-2)42(38,39)35-14-13-25(36)20(18-35)15-19-9-7-10-21(16-19)40-4;1-3-4-7-5-6-9(2)8-7/h7,9-12,15-17H,5-6,8,13-14,18H2,1-4H3,(H,31,32,37);3-6H2,1-2H3/b20-15-;. The fourth-order valence-electron chi connectivity index (χ4n) is 6.17. The molecule has 0 unspecified atom stereocenters. The zero-order valence-electron chi connectivity index (χ0n) is 30.2. The quantitative estimate of drug-likeness (QED) is 0.206. The molecule has 4 aromatic rings. The first kappa shape index (κ1) is 37.4. The molecule has 14 heteroatoms. The number of methoxy groups -OCH3 is 1. The van der Waals surface area contributed by atoms with Gasteiger partial charge >= 0.3 is 0 Å². The van der Waals surface area contributed by atoms with Gasteiger partial charge < -0.3 is 14.5 Å². The SMILES string of the molecule is CCCC1=NN(C)CC1.CCCc1nn(C)c2c(=O)[nH]c(-c3cc(S(=O)(=O)N4CCC(=O)/C(=C\c5cccc(OC)c5)C4)ccc3OCC)nc12.